The maximum absolute atomic E-state index is 12.1. The van der Waals surface area contributed by atoms with Crippen LogP contribution in [0.25, 0.3) is 0 Å². The van der Waals surface area contributed by atoms with Crippen LogP contribution >= 0.6 is 23.4 Å². The average molecular weight is 410 g/mol. The third-order valence-electron chi connectivity index (χ3n) is 3.66. The average Bonchev–Trinajstić information content (AvgIpc) is 2.72. The lowest BCUT2D eigenvalue weighted by atomic mass is 10.2. The Balaban J connectivity index is 1.51. The van der Waals surface area contributed by atoms with Gasteiger partial charge in [-0.25, -0.2) is 9.97 Å². The maximum atomic E-state index is 12.1. The normalized spacial score (nSPS) is 10.1. The van der Waals surface area contributed by atoms with Crippen LogP contribution in [0, 0.1) is 11.3 Å². The molecule has 6 nitrogen and oxygen atoms in total. The fourth-order valence-electron chi connectivity index (χ4n) is 2.31. The van der Waals surface area contributed by atoms with Gasteiger partial charge in [0.05, 0.1) is 17.4 Å². The van der Waals surface area contributed by atoms with Crippen LogP contribution in [0.4, 0.5) is 11.5 Å². The van der Waals surface area contributed by atoms with E-state index in [1.54, 1.807) is 30.3 Å². The standard InChI is InChI=1S/C20H16ClN5OS/c21-16-6-4-14(5-7-16)11-23-18-9-20(25-13-24-18)28-12-19(27)26-17-3-1-2-15(8-17)10-22/h1-9,13H,11-12H2,(H,26,27)(H,23,24,25). The van der Waals surface area contributed by atoms with E-state index in [4.69, 9.17) is 16.9 Å². The number of carbonyl (C=O) groups excluding carboxylic acids is 1. The van der Waals surface area contributed by atoms with Crippen LogP contribution in [0.15, 0.2) is 66.0 Å². The monoisotopic (exact) mass is 409 g/mol. The molecule has 140 valence electrons. The molecular weight excluding hydrogens is 394 g/mol. The van der Waals surface area contributed by atoms with Crippen molar-refractivity contribution < 1.29 is 4.79 Å². The molecule has 1 amide bonds. The predicted octanol–water partition coefficient (Wildman–Crippen LogP) is 4.34. The Kier molecular flexibility index (Phi) is 6.84. The lowest BCUT2D eigenvalue weighted by molar-refractivity contribution is -0.113. The molecule has 0 spiro atoms. The molecule has 0 aliphatic heterocycles. The second-order valence-corrected chi connectivity index (χ2v) is 7.18. The number of nitrogens with zero attached hydrogens (tertiary/aromatic N) is 3. The third-order valence-corrected chi connectivity index (χ3v) is 4.83. The van der Waals surface area contributed by atoms with Crippen LogP contribution in [0.3, 0.4) is 0 Å². The first-order valence-corrected chi connectivity index (χ1v) is 9.72. The molecular formula is C20H16ClN5OS. The minimum Gasteiger partial charge on any atom is -0.366 e. The number of hydrogen-bond acceptors (Lipinski definition) is 6. The molecule has 28 heavy (non-hydrogen) atoms. The Morgan fingerprint density at radius 2 is 1.96 bits per heavy atom. The Hall–Kier alpha value is -3.08. The first-order chi connectivity index (χ1) is 13.6. The molecule has 2 aromatic carbocycles. The van der Waals surface area contributed by atoms with Crippen LogP contribution in [0.5, 0.6) is 0 Å². The molecule has 8 heteroatoms. The van der Waals surface area contributed by atoms with Gasteiger partial charge in [0, 0.05) is 23.3 Å². The van der Waals surface area contributed by atoms with Gasteiger partial charge in [-0.15, -0.1) is 0 Å². The van der Waals surface area contributed by atoms with E-state index >= 15 is 0 Å². The topological polar surface area (TPSA) is 90.7 Å². The molecule has 0 atom stereocenters. The van der Waals surface area contributed by atoms with Gasteiger partial charge >= 0.3 is 0 Å². The molecule has 0 saturated heterocycles. The molecule has 0 bridgehead atoms. The summed E-state index contributed by atoms with van der Waals surface area (Å²) in [5.41, 5.74) is 2.17. The van der Waals surface area contributed by atoms with Gasteiger partial charge in [-0.2, -0.15) is 5.26 Å². The van der Waals surface area contributed by atoms with E-state index in [-0.39, 0.29) is 11.7 Å². The largest absolute Gasteiger partial charge is 0.366 e. The molecule has 0 unspecified atom stereocenters. The highest BCUT2D eigenvalue weighted by Gasteiger charge is 2.06. The predicted molar refractivity (Wildman–Crippen MR) is 111 cm³/mol. The zero-order valence-corrected chi connectivity index (χ0v) is 16.3. The van der Waals surface area contributed by atoms with Crippen molar-refractivity contribution in [3.63, 3.8) is 0 Å². The summed E-state index contributed by atoms with van der Waals surface area (Å²) in [4.78, 5) is 20.5. The van der Waals surface area contributed by atoms with Crippen molar-refractivity contribution in [2.45, 2.75) is 11.6 Å². The van der Waals surface area contributed by atoms with E-state index in [1.807, 2.05) is 30.3 Å². The van der Waals surface area contributed by atoms with Gasteiger partial charge in [0.25, 0.3) is 0 Å². The Bertz CT molecular complexity index is 1000. The summed E-state index contributed by atoms with van der Waals surface area (Å²) in [5.74, 6) is 0.702. The SMILES string of the molecule is N#Cc1cccc(NC(=O)CSc2cc(NCc3ccc(Cl)cc3)ncn2)c1. The van der Waals surface area contributed by atoms with Crippen molar-refractivity contribution in [1.29, 1.82) is 5.26 Å². The number of anilines is 2. The summed E-state index contributed by atoms with van der Waals surface area (Å²) < 4.78 is 0. The third kappa shape index (κ3) is 5.98. The number of thioether (sulfide) groups is 1. The molecule has 0 aliphatic rings. The van der Waals surface area contributed by atoms with Gasteiger partial charge in [-0.1, -0.05) is 41.6 Å². The van der Waals surface area contributed by atoms with Gasteiger partial charge in [-0.05, 0) is 35.9 Å². The van der Waals surface area contributed by atoms with Crippen molar-refractivity contribution in [2.24, 2.45) is 0 Å². The number of aromatic nitrogens is 2. The van der Waals surface area contributed by atoms with Crippen LogP contribution in [-0.4, -0.2) is 21.6 Å². The maximum Gasteiger partial charge on any atom is 0.234 e. The molecule has 3 aromatic rings. The summed E-state index contributed by atoms with van der Waals surface area (Å²) in [5, 5.41) is 16.3. The second-order valence-electron chi connectivity index (χ2n) is 5.75. The molecule has 0 saturated carbocycles. The number of halogens is 1. The number of nitrogens with one attached hydrogen (secondary N) is 2. The van der Waals surface area contributed by atoms with Gasteiger partial charge in [0.15, 0.2) is 0 Å². The minimum atomic E-state index is -0.172. The van der Waals surface area contributed by atoms with E-state index in [2.05, 4.69) is 20.6 Å². The molecule has 0 aliphatic carbocycles. The Labute approximate surface area is 172 Å². The zero-order chi connectivity index (χ0) is 19.8. The van der Waals surface area contributed by atoms with E-state index < -0.39 is 0 Å². The van der Waals surface area contributed by atoms with E-state index in [9.17, 15) is 4.79 Å². The minimum absolute atomic E-state index is 0.172. The van der Waals surface area contributed by atoms with Crippen molar-refractivity contribution >= 4 is 40.8 Å². The quantitative estimate of drug-likeness (QED) is 0.445. The highest BCUT2D eigenvalue weighted by Crippen LogP contribution is 2.19. The summed E-state index contributed by atoms with van der Waals surface area (Å²) in [6.07, 6.45) is 1.46. The van der Waals surface area contributed by atoms with Crippen molar-refractivity contribution in [2.75, 3.05) is 16.4 Å². The van der Waals surface area contributed by atoms with Crippen LogP contribution in [0.2, 0.25) is 5.02 Å². The van der Waals surface area contributed by atoms with Crippen molar-refractivity contribution in [3.05, 3.63) is 77.1 Å². The summed E-state index contributed by atoms with van der Waals surface area (Å²) in [6, 6.07) is 18.2. The van der Waals surface area contributed by atoms with Crippen LogP contribution < -0.4 is 10.6 Å². The molecule has 1 aromatic heterocycles. The summed E-state index contributed by atoms with van der Waals surface area (Å²) >= 11 is 7.20. The first kappa shape index (κ1) is 19.7. The van der Waals surface area contributed by atoms with E-state index in [0.29, 0.717) is 33.7 Å². The number of hydrogen-bond donors (Lipinski definition) is 2. The zero-order valence-electron chi connectivity index (χ0n) is 14.7. The lowest BCUT2D eigenvalue weighted by Crippen LogP contribution is -2.14. The molecule has 3 rings (SSSR count). The van der Waals surface area contributed by atoms with Crippen LogP contribution in [0.1, 0.15) is 11.1 Å². The molecule has 1 heterocycles. The first-order valence-electron chi connectivity index (χ1n) is 8.35. The number of amides is 1. The number of nitriles is 1. The number of benzene rings is 2. The Morgan fingerprint density at radius 3 is 2.75 bits per heavy atom. The number of rotatable bonds is 7. The lowest BCUT2D eigenvalue weighted by Gasteiger charge is -2.08. The van der Waals surface area contributed by atoms with E-state index in [0.717, 1.165) is 5.56 Å². The molecule has 2 N–H and O–H groups in total. The number of carbonyl (C=O) groups is 1. The highest BCUT2D eigenvalue weighted by atomic mass is 35.5. The highest BCUT2D eigenvalue weighted by molar-refractivity contribution is 7.99. The van der Waals surface area contributed by atoms with Gasteiger partial charge in [-0.3, -0.25) is 4.79 Å². The fourth-order valence-corrected chi connectivity index (χ4v) is 3.11. The second kappa shape index (κ2) is 9.74. The van der Waals surface area contributed by atoms with Gasteiger partial charge < -0.3 is 10.6 Å². The summed E-state index contributed by atoms with van der Waals surface area (Å²) in [6.45, 7) is 0.605. The fraction of sp³-hybridized carbons (Fsp3) is 0.100. The summed E-state index contributed by atoms with van der Waals surface area (Å²) in [7, 11) is 0. The van der Waals surface area contributed by atoms with Gasteiger partial charge in [0.2, 0.25) is 5.91 Å². The van der Waals surface area contributed by atoms with E-state index in [1.165, 1.54) is 18.1 Å². The van der Waals surface area contributed by atoms with Gasteiger partial charge in [0.1, 0.15) is 17.2 Å². The molecule has 0 radical (unpaired) electrons. The smallest absolute Gasteiger partial charge is 0.234 e. The van der Waals surface area contributed by atoms with Crippen molar-refractivity contribution in [3.8, 4) is 6.07 Å². The van der Waals surface area contributed by atoms with Crippen LogP contribution in [-0.2, 0) is 11.3 Å². The van der Waals surface area contributed by atoms with Crippen molar-refractivity contribution in [1.82, 2.24) is 9.97 Å². The Morgan fingerprint density at radius 1 is 1.14 bits per heavy atom. The molecule has 0 fully saturated rings.